The molecule has 3 aromatic rings. The van der Waals surface area contributed by atoms with E-state index in [-0.39, 0.29) is 30.2 Å². The molecule has 0 fully saturated rings. The molecule has 0 spiro atoms. The molecule has 0 aliphatic carbocycles. The van der Waals surface area contributed by atoms with E-state index in [1.807, 2.05) is 61.5 Å². The topological polar surface area (TPSA) is 145 Å². The van der Waals surface area contributed by atoms with Crippen LogP contribution in [0, 0.1) is 11.3 Å². The smallest absolute Gasteiger partial charge is 0.290 e. The monoisotopic (exact) mass is 552 g/mol. The van der Waals surface area contributed by atoms with Crippen LogP contribution < -0.4 is 16.4 Å². The Morgan fingerprint density at radius 3 is 2.14 bits per heavy atom. The van der Waals surface area contributed by atoms with Crippen LogP contribution in [0.5, 0.6) is 0 Å². The van der Waals surface area contributed by atoms with Gasteiger partial charge in [-0.1, -0.05) is 58.4 Å². The molecule has 0 heterocycles. The summed E-state index contributed by atoms with van der Waals surface area (Å²) in [6.45, 7) is 1.65. The molecule has 0 radical (unpaired) electrons. The molecule has 188 valence electrons. The van der Waals surface area contributed by atoms with Crippen molar-refractivity contribution in [3.8, 4) is 0 Å². The van der Waals surface area contributed by atoms with Gasteiger partial charge in [-0.25, -0.2) is 0 Å². The number of carboxylic acid groups (broad SMARTS) is 1. The van der Waals surface area contributed by atoms with Crippen LogP contribution >= 0.6 is 15.9 Å². The van der Waals surface area contributed by atoms with Gasteiger partial charge in [-0.05, 0) is 67.3 Å². The molecule has 0 saturated heterocycles. The number of nitrogens with two attached hydrogens (primary N) is 1. The summed E-state index contributed by atoms with van der Waals surface area (Å²) < 4.78 is 0.959. The molecule has 9 heteroatoms. The summed E-state index contributed by atoms with van der Waals surface area (Å²) in [5, 5.41) is 20.2. The van der Waals surface area contributed by atoms with E-state index in [9.17, 15) is 9.59 Å². The number of rotatable bonds is 9. The molecular formula is C27H29BrN4O4. The van der Waals surface area contributed by atoms with Crippen LogP contribution in [0.15, 0.2) is 83.3 Å². The first-order valence-electron chi connectivity index (χ1n) is 11.2. The molecule has 8 nitrogen and oxygen atoms in total. The van der Waals surface area contributed by atoms with Gasteiger partial charge in [0.2, 0.25) is 11.8 Å². The third-order valence-electron chi connectivity index (χ3n) is 5.39. The molecule has 1 unspecified atom stereocenters. The van der Waals surface area contributed by atoms with Crippen molar-refractivity contribution < 1.29 is 19.5 Å². The van der Waals surface area contributed by atoms with E-state index in [4.69, 9.17) is 21.0 Å². The maximum Gasteiger partial charge on any atom is 0.290 e. The predicted molar refractivity (Wildman–Crippen MR) is 144 cm³/mol. The van der Waals surface area contributed by atoms with Crippen molar-refractivity contribution in [2.24, 2.45) is 11.7 Å². The molecule has 6 N–H and O–H groups in total. The zero-order chi connectivity index (χ0) is 26.5. The summed E-state index contributed by atoms with van der Waals surface area (Å²) >= 11 is 3.42. The van der Waals surface area contributed by atoms with Gasteiger partial charge in [0.25, 0.3) is 6.47 Å². The number of halogens is 1. The van der Waals surface area contributed by atoms with E-state index >= 15 is 0 Å². The third-order valence-corrected chi connectivity index (χ3v) is 5.92. The Kier molecular flexibility index (Phi) is 11.3. The molecule has 3 rings (SSSR count). The van der Waals surface area contributed by atoms with Gasteiger partial charge < -0.3 is 21.5 Å². The van der Waals surface area contributed by atoms with Crippen LogP contribution in [0.3, 0.4) is 0 Å². The molecule has 0 aliphatic rings. The Hall–Kier alpha value is -3.98. The van der Waals surface area contributed by atoms with Gasteiger partial charge in [0, 0.05) is 15.7 Å². The minimum atomic E-state index is -0.865. The Morgan fingerprint density at radius 2 is 1.58 bits per heavy atom. The van der Waals surface area contributed by atoms with E-state index in [0.717, 1.165) is 15.6 Å². The van der Waals surface area contributed by atoms with Gasteiger partial charge in [-0.2, -0.15) is 0 Å². The number of aryl methyl sites for hydroxylation is 1. The first kappa shape index (κ1) is 28.3. The lowest BCUT2D eigenvalue weighted by atomic mass is 9.96. The Morgan fingerprint density at radius 1 is 1.00 bits per heavy atom. The lowest BCUT2D eigenvalue weighted by Crippen LogP contribution is -2.39. The van der Waals surface area contributed by atoms with E-state index < -0.39 is 5.92 Å². The molecule has 2 amide bonds. The van der Waals surface area contributed by atoms with Gasteiger partial charge >= 0.3 is 0 Å². The number of benzene rings is 3. The summed E-state index contributed by atoms with van der Waals surface area (Å²) in [5.41, 5.74) is 8.62. The fraction of sp³-hybridized carbons (Fsp3) is 0.185. The summed E-state index contributed by atoms with van der Waals surface area (Å²) in [5.74, 6) is -1.60. The standard InChI is InChI=1S/C26H27BrN4O2.CH2O2/c1-17(19-8-12-21(27)13-9-19)30-25(32)23(16-7-18-5-3-2-4-6-18)26(33)31-22-14-10-20(11-15-22)24(28)29;2-1-3/h2-6,8-15,17,23H,7,16H2,1H3,(H3,28,29)(H,30,32)(H,31,33);1H,(H,2,3)/t17-,23?;/m0./s1. The number of anilines is 1. The van der Waals surface area contributed by atoms with Gasteiger partial charge in [-0.3, -0.25) is 19.8 Å². The van der Waals surface area contributed by atoms with E-state index in [0.29, 0.717) is 24.1 Å². The molecule has 36 heavy (non-hydrogen) atoms. The van der Waals surface area contributed by atoms with Crippen molar-refractivity contribution >= 4 is 45.7 Å². The van der Waals surface area contributed by atoms with Crippen LogP contribution in [-0.2, 0) is 20.8 Å². The second-order valence-corrected chi connectivity index (χ2v) is 8.86. The Bertz CT molecular complexity index is 1150. The average molecular weight is 553 g/mol. The van der Waals surface area contributed by atoms with Crippen LogP contribution in [0.25, 0.3) is 0 Å². The number of nitrogens with one attached hydrogen (secondary N) is 3. The van der Waals surface area contributed by atoms with Crippen molar-refractivity contribution in [3.05, 3.63) is 100 Å². The van der Waals surface area contributed by atoms with Gasteiger partial charge in [-0.15, -0.1) is 0 Å². The fourth-order valence-electron chi connectivity index (χ4n) is 3.45. The SMILES string of the molecule is C[C@H](NC(=O)C(CCc1ccccc1)C(=O)Nc1ccc(C(=N)N)cc1)c1ccc(Br)cc1.O=CO. The van der Waals surface area contributed by atoms with Crippen LogP contribution in [0.4, 0.5) is 5.69 Å². The molecule has 3 aromatic carbocycles. The van der Waals surface area contributed by atoms with Crippen molar-refractivity contribution in [1.82, 2.24) is 5.32 Å². The van der Waals surface area contributed by atoms with Crippen LogP contribution in [0.2, 0.25) is 0 Å². The Labute approximate surface area is 218 Å². The summed E-state index contributed by atoms with van der Waals surface area (Å²) in [6, 6.07) is 23.9. The summed E-state index contributed by atoms with van der Waals surface area (Å²) in [4.78, 5) is 34.6. The minimum absolute atomic E-state index is 0.0464. The highest BCUT2D eigenvalue weighted by atomic mass is 79.9. The molecule has 0 bridgehead atoms. The largest absolute Gasteiger partial charge is 0.483 e. The van der Waals surface area contributed by atoms with Crippen molar-refractivity contribution in [2.45, 2.75) is 25.8 Å². The number of hydrogen-bond acceptors (Lipinski definition) is 4. The first-order chi connectivity index (χ1) is 17.2. The van der Waals surface area contributed by atoms with Gasteiger partial charge in [0.15, 0.2) is 0 Å². The second kappa shape index (κ2) is 14.4. The fourth-order valence-corrected chi connectivity index (χ4v) is 3.71. The lowest BCUT2D eigenvalue weighted by molar-refractivity contribution is -0.133. The average Bonchev–Trinajstić information content (AvgIpc) is 2.86. The summed E-state index contributed by atoms with van der Waals surface area (Å²) in [7, 11) is 0. The number of carbonyl (C=O) groups excluding carboxylic acids is 2. The van der Waals surface area contributed by atoms with E-state index in [2.05, 4.69) is 26.6 Å². The second-order valence-electron chi connectivity index (χ2n) is 7.94. The summed E-state index contributed by atoms with van der Waals surface area (Å²) in [6.07, 6.45) is 0.975. The Balaban J connectivity index is 0.00000145. The molecule has 0 aliphatic heterocycles. The number of amides is 2. The van der Waals surface area contributed by atoms with Crippen LogP contribution in [0.1, 0.15) is 36.1 Å². The van der Waals surface area contributed by atoms with E-state index in [1.165, 1.54) is 0 Å². The normalized spacial score (nSPS) is 11.7. The third kappa shape index (κ3) is 8.99. The zero-order valence-corrected chi connectivity index (χ0v) is 21.4. The molecule has 0 saturated carbocycles. The van der Waals surface area contributed by atoms with Gasteiger partial charge in [0.05, 0.1) is 6.04 Å². The zero-order valence-electron chi connectivity index (χ0n) is 19.8. The van der Waals surface area contributed by atoms with E-state index in [1.54, 1.807) is 24.3 Å². The highest BCUT2D eigenvalue weighted by molar-refractivity contribution is 9.10. The molecule has 2 atom stereocenters. The van der Waals surface area contributed by atoms with Crippen molar-refractivity contribution in [2.75, 3.05) is 5.32 Å². The highest BCUT2D eigenvalue weighted by Crippen LogP contribution is 2.19. The predicted octanol–water partition coefficient (Wildman–Crippen LogP) is 4.50. The maximum atomic E-state index is 13.2. The highest BCUT2D eigenvalue weighted by Gasteiger charge is 2.28. The molecular weight excluding hydrogens is 524 g/mol. The van der Waals surface area contributed by atoms with Crippen LogP contribution in [-0.4, -0.2) is 29.2 Å². The van der Waals surface area contributed by atoms with Crippen molar-refractivity contribution in [3.63, 3.8) is 0 Å². The number of amidine groups is 1. The lowest BCUT2D eigenvalue weighted by Gasteiger charge is -2.21. The van der Waals surface area contributed by atoms with Gasteiger partial charge in [0.1, 0.15) is 11.8 Å². The number of nitrogen functional groups attached to an aromatic ring is 1. The van der Waals surface area contributed by atoms with Crippen molar-refractivity contribution in [1.29, 1.82) is 5.41 Å². The first-order valence-corrected chi connectivity index (χ1v) is 12.0. The maximum absolute atomic E-state index is 13.2. The quantitative estimate of drug-likeness (QED) is 0.115. The number of hydrogen-bond donors (Lipinski definition) is 5. The number of carbonyl (C=O) groups is 3. The molecule has 0 aromatic heterocycles. The minimum Gasteiger partial charge on any atom is -0.483 e.